The van der Waals surface area contributed by atoms with E-state index in [0.717, 1.165) is 42.8 Å². The van der Waals surface area contributed by atoms with E-state index in [0.29, 0.717) is 6.61 Å². The van der Waals surface area contributed by atoms with E-state index in [1.165, 1.54) is 0 Å². The summed E-state index contributed by atoms with van der Waals surface area (Å²) >= 11 is 0. The third-order valence-electron chi connectivity index (χ3n) is 4.58. The van der Waals surface area contributed by atoms with E-state index in [-0.39, 0.29) is 17.9 Å². The van der Waals surface area contributed by atoms with Crippen molar-refractivity contribution in [3.63, 3.8) is 0 Å². The Kier molecular flexibility index (Phi) is 3.87. The van der Waals surface area contributed by atoms with Crippen molar-refractivity contribution >= 4 is 5.91 Å². The summed E-state index contributed by atoms with van der Waals surface area (Å²) in [5.74, 6) is 0.613. The third-order valence-corrected chi connectivity index (χ3v) is 4.58. The Morgan fingerprint density at radius 3 is 2.76 bits per heavy atom. The Morgan fingerprint density at radius 2 is 2.10 bits per heavy atom. The van der Waals surface area contributed by atoms with Gasteiger partial charge in [0.25, 0.3) is 0 Å². The van der Waals surface area contributed by atoms with Crippen LogP contribution in [0.25, 0.3) is 0 Å². The number of nitrogens with zero attached hydrogens (tertiary/aromatic N) is 1. The fourth-order valence-electron chi connectivity index (χ4n) is 3.41. The van der Waals surface area contributed by atoms with Crippen LogP contribution in [0, 0.1) is 12.8 Å². The van der Waals surface area contributed by atoms with Crippen LogP contribution in [0.2, 0.25) is 0 Å². The zero-order chi connectivity index (χ0) is 15.0. The molecule has 1 saturated heterocycles. The van der Waals surface area contributed by atoms with E-state index in [1.807, 2.05) is 19.1 Å². The number of likely N-dealkylation sites (tertiary alicyclic amines) is 1. The molecule has 0 bridgehead atoms. The van der Waals surface area contributed by atoms with Crippen LogP contribution < -0.4 is 10.5 Å². The number of carbonyl (C=O) groups is 1. The first-order valence-electron chi connectivity index (χ1n) is 7.51. The number of fused-ring (bicyclic) bond motifs is 1. The molecule has 5 nitrogen and oxygen atoms in total. The number of benzene rings is 1. The molecule has 3 N–H and O–H groups in total. The number of aryl methyl sites for hydroxylation is 1. The van der Waals surface area contributed by atoms with Gasteiger partial charge in [-0.2, -0.15) is 0 Å². The maximum Gasteiger partial charge on any atom is 0.220 e. The Labute approximate surface area is 124 Å². The highest BCUT2D eigenvalue weighted by atomic mass is 16.5. The SMILES string of the molecule is Cc1ccc2c(c1)C(N1CCC(C(N)=O)CC1)C(O)CO2. The van der Waals surface area contributed by atoms with Crippen molar-refractivity contribution < 1.29 is 14.6 Å². The van der Waals surface area contributed by atoms with E-state index >= 15 is 0 Å². The molecule has 3 rings (SSSR count). The van der Waals surface area contributed by atoms with Crippen molar-refractivity contribution in [2.45, 2.75) is 31.9 Å². The molecule has 21 heavy (non-hydrogen) atoms. The number of carbonyl (C=O) groups excluding carboxylic acids is 1. The quantitative estimate of drug-likeness (QED) is 0.851. The maximum atomic E-state index is 11.3. The molecular weight excluding hydrogens is 268 g/mol. The lowest BCUT2D eigenvalue weighted by Crippen LogP contribution is -2.47. The monoisotopic (exact) mass is 290 g/mol. The molecule has 1 fully saturated rings. The van der Waals surface area contributed by atoms with Crippen LogP contribution in [-0.2, 0) is 4.79 Å². The van der Waals surface area contributed by atoms with Crippen molar-refractivity contribution in [1.82, 2.24) is 4.90 Å². The Morgan fingerprint density at radius 1 is 1.38 bits per heavy atom. The molecule has 0 saturated carbocycles. The molecule has 0 aliphatic carbocycles. The molecule has 1 aromatic carbocycles. The maximum absolute atomic E-state index is 11.3. The highest BCUT2D eigenvalue weighted by Crippen LogP contribution is 2.38. The Hall–Kier alpha value is -1.59. The van der Waals surface area contributed by atoms with Crippen LogP contribution in [0.5, 0.6) is 5.75 Å². The van der Waals surface area contributed by atoms with Gasteiger partial charge in [0, 0.05) is 11.5 Å². The van der Waals surface area contributed by atoms with Gasteiger partial charge in [-0.15, -0.1) is 0 Å². The number of primary amides is 1. The second-order valence-electron chi connectivity index (χ2n) is 6.08. The van der Waals surface area contributed by atoms with Gasteiger partial charge in [0.05, 0.1) is 6.04 Å². The molecule has 5 heteroatoms. The summed E-state index contributed by atoms with van der Waals surface area (Å²) < 4.78 is 5.62. The van der Waals surface area contributed by atoms with Crippen LogP contribution in [-0.4, -0.2) is 41.7 Å². The number of nitrogens with two attached hydrogens (primary N) is 1. The summed E-state index contributed by atoms with van der Waals surface area (Å²) in [6.07, 6.45) is 0.991. The second-order valence-corrected chi connectivity index (χ2v) is 6.08. The lowest BCUT2D eigenvalue weighted by atomic mass is 9.90. The van der Waals surface area contributed by atoms with Gasteiger partial charge >= 0.3 is 0 Å². The van der Waals surface area contributed by atoms with Crippen molar-refractivity contribution in [3.8, 4) is 5.75 Å². The molecule has 0 radical (unpaired) electrons. The van der Waals surface area contributed by atoms with Gasteiger partial charge in [-0.1, -0.05) is 17.7 Å². The number of amides is 1. The van der Waals surface area contributed by atoms with Gasteiger partial charge in [-0.05, 0) is 38.9 Å². The Bertz CT molecular complexity index is 538. The summed E-state index contributed by atoms with van der Waals surface area (Å²) in [6, 6.07) is 6.03. The molecule has 0 aromatic heterocycles. The van der Waals surface area contributed by atoms with Crippen LogP contribution in [0.4, 0.5) is 0 Å². The molecular formula is C16H22N2O3. The average Bonchev–Trinajstić information content (AvgIpc) is 2.47. The molecule has 1 aromatic rings. The van der Waals surface area contributed by atoms with Gasteiger partial charge < -0.3 is 15.6 Å². The number of hydrogen-bond acceptors (Lipinski definition) is 4. The minimum absolute atomic E-state index is 0.0322. The Balaban J connectivity index is 1.82. The third kappa shape index (κ3) is 2.76. The van der Waals surface area contributed by atoms with Crippen LogP contribution >= 0.6 is 0 Å². The number of aliphatic hydroxyl groups is 1. The lowest BCUT2D eigenvalue weighted by molar-refractivity contribution is -0.123. The van der Waals surface area contributed by atoms with E-state index in [1.54, 1.807) is 0 Å². The van der Waals surface area contributed by atoms with Gasteiger partial charge in [0.2, 0.25) is 5.91 Å². The summed E-state index contributed by atoms with van der Waals surface area (Å²) in [5.41, 5.74) is 7.59. The largest absolute Gasteiger partial charge is 0.490 e. The normalized spacial score (nSPS) is 27.0. The van der Waals surface area contributed by atoms with Crippen molar-refractivity contribution in [2.24, 2.45) is 11.7 Å². The molecule has 2 heterocycles. The van der Waals surface area contributed by atoms with E-state index < -0.39 is 6.10 Å². The van der Waals surface area contributed by atoms with Crippen molar-refractivity contribution in [1.29, 1.82) is 0 Å². The molecule has 2 aliphatic heterocycles. The topological polar surface area (TPSA) is 75.8 Å². The average molecular weight is 290 g/mol. The molecule has 0 spiro atoms. The highest BCUT2D eigenvalue weighted by molar-refractivity contribution is 5.76. The number of ether oxygens (including phenoxy) is 1. The molecule has 2 atom stereocenters. The van der Waals surface area contributed by atoms with Crippen LogP contribution in [0.1, 0.15) is 30.0 Å². The minimum Gasteiger partial charge on any atom is -0.490 e. The zero-order valence-electron chi connectivity index (χ0n) is 12.3. The number of hydrogen-bond donors (Lipinski definition) is 2. The van der Waals surface area contributed by atoms with Gasteiger partial charge in [0.15, 0.2) is 0 Å². The molecule has 114 valence electrons. The molecule has 1 amide bonds. The number of rotatable bonds is 2. The standard InChI is InChI=1S/C16H22N2O3/c1-10-2-3-14-12(8-10)15(13(19)9-21-14)18-6-4-11(5-7-18)16(17)20/h2-3,8,11,13,15,19H,4-7,9H2,1H3,(H2,17,20). The van der Waals surface area contributed by atoms with E-state index in [9.17, 15) is 9.90 Å². The van der Waals surface area contributed by atoms with Gasteiger partial charge in [-0.3, -0.25) is 9.69 Å². The summed E-state index contributed by atoms with van der Waals surface area (Å²) in [7, 11) is 0. The fraction of sp³-hybridized carbons (Fsp3) is 0.562. The molecule has 2 aliphatic rings. The van der Waals surface area contributed by atoms with Gasteiger partial charge in [-0.25, -0.2) is 0 Å². The van der Waals surface area contributed by atoms with Crippen molar-refractivity contribution in [3.05, 3.63) is 29.3 Å². The summed E-state index contributed by atoms with van der Waals surface area (Å²) in [6.45, 7) is 3.92. The summed E-state index contributed by atoms with van der Waals surface area (Å²) in [4.78, 5) is 13.5. The second kappa shape index (κ2) is 5.66. The van der Waals surface area contributed by atoms with Crippen molar-refractivity contribution in [2.75, 3.05) is 19.7 Å². The van der Waals surface area contributed by atoms with Crippen LogP contribution in [0.15, 0.2) is 18.2 Å². The number of aliphatic hydroxyl groups excluding tert-OH is 1. The molecule has 2 unspecified atom stereocenters. The highest BCUT2D eigenvalue weighted by Gasteiger charge is 2.36. The lowest BCUT2D eigenvalue weighted by Gasteiger charge is -2.41. The zero-order valence-corrected chi connectivity index (χ0v) is 12.3. The first-order chi connectivity index (χ1) is 10.1. The predicted octanol–water partition coefficient (Wildman–Crippen LogP) is 0.987. The van der Waals surface area contributed by atoms with E-state index in [4.69, 9.17) is 10.5 Å². The predicted molar refractivity (Wildman–Crippen MR) is 78.9 cm³/mol. The first-order valence-corrected chi connectivity index (χ1v) is 7.51. The smallest absolute Gasteiger partial charge is 0.220 e. The van der Waals surface area contributed by atoms with Gasteiger partial charge in [0.1, 0.15) is 18.5 Å². The fourth-order valence-corrected chi connectivity index (χ4v) is 3.41. The van der Waals surface area contributed by atoms with Crippen LogP contribution in [0.3, 0.4) is 0 Å². The summed E-state index contributed by atoms with van der Waals surface area (Å²) in [5, 5.41) is 10.4. The first kappa shape index (κ1) is 14.4. The minimum atomic E-state index is -0.538. The number of piperidine rings is 1. The van der Waals surface area contributed by atoms with E-state index in [2.05, 4.69) is 11.0 Å².